The van der Waals surface area contributed by atoms with Crippen molar-refractivity contribution in [3.05, 3.63) is 59.4 Å². The minimum absolute atomic E-state index is 0.0386. The number of allylic oxidation sites excluding steroid dienone is 1. The van der Waals surface area contributed by atoms with E-state index in [4.69, 9.17) is 0 Å². The predicted octanol–water partition coefficient (Wildman–Crippen LogP) is 8.87. The van der Waals surface area contributed by atoms with Crippen molar-refractivity contribution in [1.82, 2.24) is 0 Å². The predicted molar refractivity (Wildman–Crippen MR) is 123 cm³/mol. The Labute approximate surface area is 184 Å². The standard InChI is InChI=1S/C28H35F3/c1-3-5-7-18-9-10-21-16-22(12-11-20(21)15-18)26-25(30)17-23-19(8-6-4-2)13-14-24(29)27(23)28(26)31/h4,13-14,17-18,20-22H,2-3,5-12,15-16H2,1H3/t18?,20-,21?,22-/m1/s1. The van der Waals surface area contributed by atoms with Gasteiger partial charge in [0.2, 0.25) is 0 Å². The summed E-state index contributed by atoms with van der Waals surface area (Å²) < 4.78 is 45.5. The van der Waals surface area contributed by atoms with Gasteiger partial charge in [0.1, 0.15) is 17.5 Å². The molecule has 168 valence electrons. The third-order valence-corrected chi connectivity index (χ3v) is 7.98. The van der Waals surface area contributed by atoms with Gasteiger partial charge in [-0.1, -0.05) is 44.7 Å². The van der Waals surface area contributed by atoms with E-state index in [9.17, 15) is 4.39 Å². The molecule has 0 radical (unpaired) electrons. The molecule has 2 saturated carbocycles. The number of rotatable bonds is 7. The minimum atomic E-state index is -0.673. The molecular formula is C28H35F3. The molecule has 0 N–H and O–H groups in total. The van der Waals surface area contributed by atoms with E-state index < -0.39 is 17.5 Å². The average Bonchev–Trinajstić information content (AvgIpc) is 2.77. The van der Waals surface area contributed by atoms with Gasteiger partial charge in [-0.05, 0) is 91.7 Å². The number of fused-ring (bicyclic) bond motifs is 2. The molecule has 4 atom stereocenters. The van der Waals surface area contributed by atoms with E-state index in [1.165, 1.54) is 50.7 Å². The maximum Gasteiger partial charge on any atom is 0.140 e. The maximum atomic E-state index is 15.6. The van der Waals surface area contributed by atoms with Crippen molar-refractivity contribution in [3.8, 4) is 0 Å². The summed E-state index contributed by atoms with van der Waals surface area (Å²) in [5.41, 5.74) is 0.897. The monoisotopic (exact) mass is 428 g/mol. The molecule has 2 aliphatic carbocycles. The van der Waals surface area contributed by atoms with Crippen molar-refractivity contribution >= 4 is 10.8 Å². The van der Waals surface area contributed by atoms with Crippen LogP contribution in [0.15, 0.2) is 30.9 Å². The lowest BCUT2D eigenvalue weighted by molar-refractivity contribution is 0.112. The molecule has 2 unspecified atom stereocenters. The van der Waals surface area contributed by atoms with Crippen molar-refractivity contribution in [3.63, 3.8) is 0 Å². The zero-order valence-corrected chi connectivity index (χ0v) is 18.7. The summed E-state index contributed by atoms with van der Waals surface area (Å²) in [6, 6.07) is 4.34. The molecule has 0 saturated heterocycles. The van der Waals surface area contributed by atoms with E-state index in [0.717, 1.165) is 30.7 Å². The quantitative estimate of drug-likeness (QED) is 0.386. The molecule has 0 aliphatic heterocycles. The molecule has 0 nitrogen and oxygen atoms in total. The van der Waals surface area contributed by atoms with Gasteiger partial charge in [0, 0.05) is 5.56 Å². The van der Waals surface area contributed by atoms with E-state index >= 15 is 8.78 Å². The van der Waals surface area contributed by atoms with Gasteiger partial charge in [-0.3, -0.25) is 0 Å². The first-order valence-electron chi connectivity index (χ1n) is 12.2. The Hall–Kier alpha value is -1.77. The molecule has 2 aromatic carbocycles. The second kappa shape index (κ2) is 9.79. The maximum absolute atomic E-state index is 15.6. The Morgan fingerprint density at radius 1 is 1.00 bits per heavy atom. The number of halogens is 3. The molecule has 3 heteroatoms. The van der Waals surface area contributed by atoms with E-state index in [1.54, 1.807) is 12.1 Å². The van der Waals surface area contributed by atoms with Crippen LogP contribution in [0.3, 0.4) is 0 Å². The fourth-order valence-electron chi connectivity index (χ4n) is 6.32. The van der Waals surface area contributed by atoms with Crippen LogP contribution in [0, 0.1) is 35.2 Å². The molecule has 31 heavy (non-hydrogen) atoms. The first kappa shape index (κ1) is 22.4. The minimum Gasteiger partial charge on any atom is -0.207 e. The van der Waals surface area contributed by atoms with Crippen LogP contribution >= 0.6 is 0 Å². The second-order valence-corrected chi connectivity index (χ2v) is 9.89. The molecule has 0 spiro atoms. The molecule has 0 heterocycles. The van der Waals surface area contributed by atoms with Gasteiger partial charge >= 0.3 is 0 Å². The Bertz CT molecular complexity index is 932. The van der Waals surface area contributed by atoms with Crippen LogP contribution in [0.4, 0.5) is 13.2 Å². The highest BCUT2D eigenvalue weighted by Crippen LogP contribution is 2.49. The van der Waals surface area contributed by atoms with Crippen LogP contribution in [-0.2, 0) is 6.42 Å². The summed E-state index contributed by atoms with van der Waals surface area (Å²) >= 11 is 0. The third-order valence-electron chi connectivity index (χ3n) is 7.98. The molecule has 2 aromatic rings. The molecule has 0 amide bonds. The van der Waals surface area contributed by atoms with Gasteiger partial charge < -0.3 is 0 Å². The van der Waals surface area contributed by atoms with E-state index in [-0.39, 0.29) is 16.9 Å². The van der Waals surface area contributed by atoms with Crippen LogP contribution in [0.25, 0.3) is 10.8 Å². The van der Waals surface area contributed by atoms with Gasteiger partial charge in [-0.15, -0.1) is 6.58 Å². The Balaban J connectivity index is 1.59. The summed E-state index contributed by atoms with van der Waals surface area (Å²) in [5.74, 6) is 0.157. The molecular weight excluding hydrogens is 393 g/mol. The second-order valence-electron chi connectivity index (χ2n) is 9.89. The number of benzene rings is 2. The lowest BCUT2D eigenvalue weighted by Crippen LogP contribution is -2.31. The van der Waals surface area contributed by atoms with Gasteiger partial charge in [0.05, 0.1) is 5.39 Å². The molecule has 0 bridgehead atoms. The normalized spacial score (nSPS) is 26.1. The van der Waals surface area contributed by atoms with Crippen LogP contribution in [0.1, 0.15) is 88.2 Å². The number of hydrogen-bond donors (Lipinski definition) is 0. The van der Waals surface area contributed by atoms with Crippen LogP contribution in [0.5, 0.6) is 0 Å². The Morgan fingerprint density at radius 3 is 2.55 bits per heavy atom. The molecule has 4 rings (SSSR count). The van der Waals surface area contributed by atoms with E-state index in [1.807, 2.05) is 0 Å². The summed E-state index contributed by atoms with van der Waals surface area (Å²) in [6.45, 7) is 5.96. The zero-order chi connectivity index (χ0) is 22.0. The fraction of sp³-hybridized carbons (Fsp3) is 0.571. The largest absolute Gasteiger partial charge is 0.207 e. The highest BCUT2D eigenvalue weighted by Gasteiger charge is 2.37. The summed E-state index contributed by atoms with van der Waals surface area (Å²) in [5, 5.41) is 0.328. The third kappa shape index (κ3) is 4.56. The van der Waals surface area contributed by atoms with E-state index in [0.29, 0.717) is 30.1 Å². The number of unbranched alkanes of at least 4 members (excludes halogenated alkanes) is 1. The SMILES string of the molecule is C=CCCc1ccc(F)c2c(F)c([C@@H]3CC[C@@H]4CC(CCCC)CCC4C3)c(F)cc12. The fourth-order valence-corrected chi connectivity index (χ4v) is 6.32. The van der Waals surface area contributed by atoms with Crippen molar-refractivity contribution in [1.29, 1.82) is 0 Å². The average molecular weight is 429 g/mol. The first-order valence-corrected chi connectivity index (χ1v) is 12.2. The number of aryl methyl sites for hydroxylation is 1. The smallest absolute Gasteiger partial charge is 0.140 e. The van der Waals surface area contributed by atoms with Crippen LogP contribution < -0.4 is 0 Å². The first-order chi connectivity index (χ1) is 15.0. The van der Waals surface area contributed by atoms with Gasteiger partial charge in [-0.2, -0.15) is 0 Å². The van der Waals surface area contributed by atoms with Gasteiger partial charge in [0.25, 0.3) is 0 Å². The molecule has 2 fully saturated rings. The number of hydrogen-bond acceptors (Lipinski definition) is 0. The summed E-state index contributed by atoms with van der Waals surface area (Å²) in [4.78, 5) is 0. The van der Waals surface area contributed by atoms with Crippen molar-refractivity contribution < 1.29 is 13.2 Å². The van der Waals surface area contributed by atoms with Crippen LogP contribution in [-0.4, -0.2) is 0 Å². The zero-order valence-electron chi connectivity index (χ0n) is 18.7. The van der Waals surface area contributed by atoms with Crippen molar-refractivity contribution in [2.45, 2.75) is 83.5 Å². The van der Waals surface area contributed by atoms with Gasteiger partial charge in [0.15, 0.2) is 0 Å². The highest BCUT2D eigenvalue weighted by atomic mass is 19.1. The summed E-state index contributed by atoms with van der Waals surface area (Å²) in [7, 11) is 0. The topological polar surface area (TPSA) is 0 Å². The van der Waals surface area contributed by atoms with Crippen molar-refractivity contribution in [2.75, 3.05) is 0 Å². The van der Waals surface area contributed by atoms with Crippen LogP contribution in [0.2, 0.25) is 0 Å². The summed E-state index contributed by atoms with van der Waals surface area (Å²) in [6.07, 6.45) is 13.3. The molecule has 0 aromatic heterocycles. The Kier molecular flexibility index (Phi) is 7.08. The van der Waals surface area contributed by atoms with Gasteiger partial charge in [-0.25, -0.2) is 13.2 Å². The highest BCUT2D eigenvalue weighted by molar-refractivity contribution is 5.88. The lowest BCUT2D eigenvalue weighted by Gasteiger charge is -2.42. The Morgan fingerprint density at radius 2 is 1.77 bits per heavy atom. The lowest BCUT2D eigenvalue weighted by atomic mass is 9.63. The van der Waals surface area contributed by atoms with Crippen molar-refractivity contribution in [2.24, 2.45) is 17.8 Å². The van der Waals surface area contributed by atoms with E-state index in [2.05, 4.69) is 13.5 Å². The molecule has 2 aliphatic rings.